The molecule has 1 unspecified atom stereocenters. The number of rotatable bonds is 6. The van der Waals surface area contributed by atoms with Gasteiger partial charge in [0.15, 0.2) is 0 Å². The van der Waals surface area contributed by atoms with Crippen LogP contribution in [0.15, 0.2) is 0 Å². The fourth-order valence-electron chi connectivity index (χ4n) is 6.75. The zero-order chi connectivity index (χ0) is 21.9. The molecule has 0 aromatic rings. The number of carbonyl (C=O) groups excluding carboxylic acids is 3. The highest BCUT2D eigenvalue weighted by Crippen LogP contribution is 2.59. The topological polar surface area (TPSA) is 78.9 Å². The molecule has 0 amide bonds. The predicted octanol–water partition coefficient (Wildman–Crippen LogP) is 4.05. The van der Waals surface area contributed by atoms with Gasteiger partial charge in [0, 0.05) is 6.42 Å². The second-order valence-electron chi connectivity index (χ2n) is 11.7. The molecule has 6 nitrogen and oxygen atoms in total. The van der Waals surface area contributed by atoms with Crippen LogP contribution in [-0.4, -0.2) is 36.2 Å². The molecule has 168 valence electrons. The van der Waals surface area contributed by atoms with Crippen LogP contribution in [0.3, 0.4) is 0 Å². The smallest absolute Gasteiger partial charge is 0.347 e. The largest absolute Gasteiger partial charge is 0.463 e. The van der Waals surface area contributed by atoms with Crippen LogP contribution in [0, 0.1) is 34.5 Å². The van der Waals surface area contributed by atoms with Crippen molar-refractivity contribution in [2.24, 2.45) is 34.5 Å². The van der Waals surface area contributed by atoms with Gasteiger partial charge in [0.1, 0.15) is 5.60 Å². The summed E-state index contributed by atoms with van der Waals surface area (Å²) in [7, 11) is 0. The monoisotopic (exact) mass is 420 g/mol. The molecule has 4 bridgehead atoms. The zero-order valence-corrected chi connectivity index (χ0v) is 19.0. The van der Waals surface area contributed by atoms with E-state index in [9.17, 15) is 14.4 Å². The minimum Gasteiger partial charge on any atom is -0.463 e. The van der Waals surface area contributed by atoms with E-state index in [2.05, 4.69) is 6.92 Å². The third kappa shape index (κ3) is 3.75. The molecular weight excluding hydrogens is 384 g/mol. The Morgan fingerprint density at radius 1 is 0.967 bits per heavy atom. The highest BCUT2D eigenvalue weighted by molar-refractivity contribution is 5.84. The van der Waals surface area contributed by atoms with Crippen molar-refractivity contribution in [3.63, 3.8) is 0 Å². The second-order valence-corrected chi connectivity index (χ2v) is 11.7. The molecule has 4 saturated carbocycles. The number of hydrogen-bond donors (Lipinski definition) is 0. The van der Waals surface area contributed by atoms with Gasteiger partial charge in [-0.2, -0.15) is 0 Å². The molecule has 1 aliphatic heterocycles. The van der Waals surface area contributed by atoms with Crippen molar-refractivity contribution in [3.05, 3.63) is 0 Å². The summed E-state index contributed by atoms with van der Waals surface area (Å²) in [6.45, 7) is 9.61. The maximum atomic E-state index is 13.3. The van der Waals surface area contributed by atoms with Gasteiger partial charge in [-0.25, -0.2) is 4.79 Å². The highest BCUT2D eigenvalue weighted by atomic mass is 16.6. The van der Waals surface area contributed by atoms with E-state index in [4.69, 9.17) is 14.2 Å². The maximum absolute atomic E-state index is 13.3. The van der Waals surface area contributed by atoms with Crippen LogP contribution < -0.4 is 0 Å². The molecule has 1 saturated heterocycles. The molecular formula is C24H36O6. The number of cyclic esters (lactones) is 1. The number of carbonyl (C=O) groups is 3. The van der Waals surface area contributed by atoms with Crippen LogP contribution in [0.1, 0.15) is 79.6 Å². The SMILES string of the molecule is CC(C)(CC(C)(C)C(=O)OC1(C)C2CC3CC(C2)CC1C3)C(=O)OC1CCOC1=O. The van der Waals surface area contributed by atoms with Gasteiger partial charge in [-0.05, 0) is 96.8 Å². The van der Waals surface area contributed by atoms with Gasteiger partial charge in [0.05, 0.1) is 17.4 Å². The molecule has 0 radical (unpaired) electrons. The van der Waals surface area contributed by atoms with E-state index in [1.54, 1.807) is 13.8 Å². The van der Waals surface area contributed by atoms with Crippen LogP contribution >= 0.6 is 0 Å². The summed E-state index contributed by atoms with van der Waals surface area (Å²) in [5.74, 6) is 1.32. The summed E-state index contributed by atoms with van der Waals surface area (Å²) in [6, 6.07) is 0. The summed E-state index contributed by atoms with van der Waals surface area (Å²) < 4.78 is 16.6. The molecule has 5 fully saturated rings. The van der Waals surface area contributed by atoms with Crippen molar-refractivity contribution in [2.75, 3.05) is 6.61 Å². The Hall–Kier alpha value is -1.59. The van der Waals surface area contributed by atoms with Crippen molar-refractivity contribution in [1.29, 1.82) is 0 Å². The molecule has 5 rings (SSSR count). The Morgan fingerprint density at radius 3 is 2.00 bits per heavy atom. The van der Waals surface area contributed by atoms with Crippen LogP contribution in [0.25, 0.3) is 0 Å². The van der Waals surface area contributed by atoms with Gasteiger partial charge >= 0.3 is 17.9 Å². The van der Waals surface area contributed by atoms with Crippen molar-refractivity contribution in [1.82, 2.24) is 0 Å². The lowest BCUT2D eigenvalue weighted by Crippen LogP contribution is -2.59. The van der Waals surface area contributed by atoms with Crippen molar-refractivity contribution in [2.45, 2.75) is 91.3 Å². The van der Waals surface area contributed by atoms with Gasteiger partial charge in [0.2, 0.25) is 6.10 Å². The molecule has 0 N–H and O–H groups in total. The van der Waals surface area contributed by atoms with Gasteiger partial charge in [-0.1, -0.05) is 0 Å². The highest BCUT2D eigenvalue weighted by Gasteiger charge is 2.58. The van der Waals surface area contributed by atoms with E-state index in [0.29, 0.717) is 18.3 Å². The Bertz CT molecular complexity index is 708. The Kier molecular flexibility index (Phi) is 5.22. The lowest BCUT2D eigenvalue weighted by Gasteiger charge is -2.59. The standard InChI is InChI=1S/C24H36O6/c1-22(2,20(26)29-18-6-7-28-19(18)25)13-23(3,4)21(27)30-24(5)16-9-14-8-15(11-16)12-17(24)10-14/h14-18H,6-13H2,1-5H3. The third-order valence-electron chi connectivity index (χ3n) is 8.20. The van der Waals surface area contributed by atoms with E-state index in [1.165, 1.54) is 32.1 Å². The maximum Gasteiger partial charge on any atom is 0.347 e. The molecule has 6 heteroatoms. The van der Waals surface area contributed by atoms with Gasteiger partial charge in [-0.15, -0.1) is 0 Å². The Balaban J connectivity index is 1.40. The Labute approximate surface area is 179 Å². The number of hydrogen-bond acceptors (Lipinski definition) is 6. The fraction of sp³-hybridized carbons (Fsp3) is 0.875. The molecule has 0 aromatic carbocycles. The lowest BCUT2D eigenvalue weighted by atomic mass is 9.50. The first-order valence-corrected chi connectivity index (χ1v) is 11.5. The summed E-state index contributed by atoms with van der Waals surface area (Å²) in [5.41, 5.74) is -2.15. The molecule has 4 aliphatic carbocycles. The van der Waals surface area contributed by atoms with Crippen molar-refractivity contribution in [3.8, 4) is 0 Å². The lowest BCUT2D eigenvalue weighted by molar-refractivity contribution is -0.212. The molecule has 5 aliphatic rings. The van der Waals surface area contributed by atoms with Gasteiger partial charge in [-0.3, -0.25) is 9.59 Å². The van der Waals surface area contributed by atoms with Crippen LogP contribution in [0.4, 0.5) is 0 Å². The van der Waals surface area contributed by atoms with Crippen LogP contribution in [-0.2, 0) is 28.6 Å². The minimum atomic E-state index is -0.920. The molecule has 0 aromatic heterocycles. The summed E-state index contributed by atoms with van der Waals surface area (Å²) in [6.07, 6.45) is 5.88. The summed E-state index contributed by atoms with van der Waals surface area (Å²) >= 11 is 0. The molecule has 30 heavy (non-hydrogen) atoms. The molecule has 0 spiro atoms. The minimum absolute atomic E-state index is 0.237. The van der Waals surface area contributed by atoms with Crippen LogP contribution in [0.5, 0.6) is 0 Å². The summed E-state index contributed by atoms with van der Waals surface area (Å²) in [5, 5.41) is 0. The fourth-order valence-corrected chi connectivity index (χ4v) is 6.75. The average Bonchev–Trinajstić information content (AvgIpc) is 3.03. The second kappa shape index (κ2) is 7.23. The van der Waals surface area contributed by atoms with E-state index >= 15 is 0 Å². The average molecular weight is 421 g/mol. The van der Waals surface area contributed by atoms with Crippen molar-refractivity contribution < 1.29 is 28.6 Å². The van der Waals surface area contributed by atoms with Gasteiger partial charge < -0.3 is 14.2 Å². The number of ether oxygens (including phenoxy) is 3. The summed E-state index contributed by atoms with van der Waals surface area (Å²) in [4.78, 5) is 37.7. The predicted molar refractivity (Wildman–Crippen MR) is 109 cm³/mol. The normalized spacial score (nSPS) is 37.8. The van der Waals surface area contributed by atoms with E-state index < -0.39 is 28.9 Å². The van der Waals surface area contributed by atoms with E-state index in [1.807, 2.05) is 13.8 Å². The first kappa shape index (κ1) is 21.6. The van der Waals surface area contributed by atoms with Gasteiger partial charge in [0.25, 0.3) is 0 Å². The first-order chi connectivity index (χ1) is 13.9. The Morgan fingerprint density at radius 2 is 1.50 bits per heavy atom. The van der Waals surface area contributed by atoms with E-state index in [0.717, 1.165) is 11.8 Å². The van der Waals surface area contributed by atoms with Crippen molar-refractivity contribution >= 4 is 17.9 Å². The van der Waals surface area contributed by atoms with Crippen LogP contribution in [0.2, 0.25) is 0 Å². The zero-order valence-electron chi connectivity index (χ0n) is 19.0. The quantitative estimate of drug-likeness (QED) is 0.477. The first-order valence-electron chi connectivity index (χ1n) is 11.5. The van der Waals surface area contributed by atoms with E-state index in [-0.39, 0.29) is 24.6 Å². The molecule has 1 atom stereocenters. The third-order valence-corrected chi connectivity index (χ3v) is 8.20. The molecule has 1 heterocycles. The number of esters is 3.